The third kappa shape index (κ3) is 2.44. The van der Waals surface area contributed by atoms with Crippen molar-refractivity contribution >= 4 is 10.8 Å². The van der Waals surface area contributed by atoms with Gasteiger partial charge in [-0.2, -0.15) is 0 Å². The van der Waals surface area contributed by atoms with E-state index in [1.54, 1.807) is 6.07 Å². The number of benzene rings is 2. The molecule has 0 heterocycles. The van der Waals surface area contributed by atoms with E-state index in [1.807, 2.05) is 12.1 Å². The van der Waals surface area contributed by atoms with E-state index in [2.05, 4.69) is 32.0 Å². The van der Waals surface area contributed by atoms with Crippen LogP contribution in [0.15, 0.2) is 36.4 Å². The van der Waals surface area contributed by atoms with Crippen LogP contribution in [0.1, 0.15) is 44.6 Å². The van der Waals surface area contributed by atoms with E-state index in [1.165, 1.54) is 18.4 Å². The standard InChI is InChI=1S/C16H20O/c1-3-6-12(4-2)14-10-9-13-7-5-8-16(17)15(13)11-14/h5,7-12,17H,3-4,6H2,1-2H3. The van der Waals surface area contributed by atoms with Crippen LogP contribution in [-0.2, 0) is 0 Å². The molecule has 0 aliphatic rings. The van der Waals surface area contributed by atoms with Gasteiger partial charge in [0.1, 0.15) is 5.75 Å². The number of phenols is 1. The van der Waals surface area contributed by atoms with Gasteiger partial charge in [-0.15, -0.1) is 0 Å². The molecular formula is C16H20O. The molecule has 0 aliphatic carbocycles. The van der Waals surface area contributed by atoms with Crippen molar-refractivity contribution in [2.45, 2.75) is 39.0 Å². The van der Waals surface area contributed by atoms with Gasteiger partial charge in [0.25, 0.3) is 0 Å². The number of rotatable bonds is 4. The smallest absolute Gasteiger partial charge is 0.123 e. The van der Waals surface area contributed by atoms with Gasteiger partial charge in [-0.3, -0.25) is 0 Å². The lowest BCUT2D eigenvalue weighted by molar-refractivity contribution is 0.481. The molecule has 1 nitrogen and oxygen atoms in total. The van der Waals surface area contributed by atoms with Crippen molar-refractivity contribution in [1.82, 2.24) is 0 Å². The van der Waals surface area contributed by atoms with Crippen LogP contribution in [0, 0.1) is 0 Å². The lowest BCUT2D eigenvalue weighted by atomic mass is 9.90. The van der Waals surface area contributed by atoms with Gasteiger partial charge in [0.15, 0.2) is 0 Å². The van der Waals surface area contributed by atoms with E-state index < -0.39 is 0 Å². The summed E-state index contributed by atoms with van der Waals surface area (Å²) in [5.41, 5.74) is 1.35. The Kier molecular flexibility index (Phi) is 3.68. The minimum absolute atomic E-state index is 0.385. The largest absolute Gasteiger partial charge is 0.507 e. The minimum atomic E-state index is 0.385. The molecule has 0 bridgehead atoms. The van der Waals surface area contributed by atoms with Crippen LogP contribution >= 0.6 is 0 Å². The monoisotopic (exact) mass is 228 g/mol. The molecule has 0 amide bonds. The van der Waals surface area contributed by atoms with Crippen LogP contribution in [0.4, 0.5) is 0 Å². The second-order valence-electron chi connectivity index (χ2n) is 4.65. The normalized spacial score (nSPS) is 12.8. The molecule has 0 radical (unpaired) electrons. The summed E-state index contributed by atoms with van der Waals surface area (Å²) in [6.45, 7) is 4.45. The Morgan fingerprint density at radius 3 is 2.65 bits per heavy atom. The Labute approximate surface area is 103 Å². The van der Waals surface area contributed by atoms with E-state index in [4.69, 9.17) is 0 Å². The maximum absolute atomic E-state index is 9.88. The highest BCUT2D eigenvalue weighted by Gasteiger charge is 2.09. The van der Waals surface area contributed by atoms with E-state index in [0.717, 1.165) is 17.2 Å². The topological polar surface area (TPSA) is 20.2 Å². The fourth-order valence-corrected chi connectivity index (χ4v) is 2.48. The zero-order valence-corrected chi connectivity index (χ0v) is 10.6. The maximum atomic E-state index is 9.88. The molecular weight excluding hydrogens is 208 g/mol. The molecule has 1 atom stereocenters. The summed E-state index contributed by atoms with van der Waals surface area (Å²) in [4.78, 5) is 0. The SMILES string of the molecule is CCCC(CC)c1ccc2cccc(O)c2c1. The van der Waals surface area contributed by atoms with Crippen LogP contribution in [-0.4, -0.2) is 5.11 Å². The average molecular weight is 228 g/mol. The molecule has 2 rings (SSSR count). The number of hydrogen-bond acceptors (Lipinski definition) is 1. The number of aromatic hydroxyl groups is 1. The van der Waals surface area contributed by atoms with Crippen LogP contribution < -0.4 is 0 Å². The first-order valence-electron chi connectivity index (χ1n) is 6.48. The Morgan fingerprint density at radius 2 is 1.94 bits per heavy atom. The quantitative estimate of drug-likeness (QED) is 0.794. The summed E-state index contributed by atoms with van der Waals surface area (Å²) in [6, 6.07) is 12.1. The van der Waals surface area contributed by atoms with E-state index in [0.29, 0.717) is 11.7 Å². The molecule has 1 N–H and O–H groups in total. The second-order valence-corrected chi connectivity index (χ2v) is 4.65. The fraction of sp³-hybridized carbons (Fsp3) is 0.375. The Hall–Kier alpha value is -1.50. The van der Waals surface area contributed by atoms with Crippen molar-refractivity contribution in [3.63, 3.8) is 0 Å². The highest BCUT2D eigenvalue weighted by molar-refractivity contribution is 5.88. The molecule has 0 saturated carbocycles. The van der Waals surface area contributed by atoms with Gasteiger partial charge in [-0.1, -0.05) is 44.5 Å². The van der Waals surface area contributed by atoms with Gasteiger partial charge >= 0.3 is 0 Å². The lowest BCUT2D eigenvalue weighted by Gasteiger charge is -2.15. The molecule has 0 fully saturated rings. The van der Waals surface area contributed by atoms with Crippen LogP contribution in [0.5, 0.6) is 5.75 Å². The molecule has 0 aromatic heterocycles. The zero-order chi connectivity index (χ0) is 12.3. The van der Waals surface area contributed by atoms with E-state index >= 15 is 0 Å². The molecule has 0 saturated heterocycles. The highest BCUT2D eigenvalue weighted by atomic mass is 16.3. The van der Waals surface area contributed by atoms with Crippen molar-refractivity contribution in [2.24, 2.45) is 0 Å². The first kappa shape index (κ1) is 12.0. The number of hydrogen-bond donors (Lipinski definition) is 1. The van der Waals surface area contributed by atoms with Crippen molar-refractivity contribution in [2.75, 3.05) is 0 Å². The first-order chi connectivity index (χ1) is 8.26. The van der Waals surface area contributed by atoms with Gasteiger partial charge < -0.3 is 5.11 Å². The average Bonchev–Trinajstić information content (AvgIpc) is 2.36. The fourth-order valence-electron chi connectivity index (χ4n) is 2.48. The van der Waals surface area contributed by atoms with Crippen LogP contribution in [0.2, 0.25) is 0 Å². The second kappa shape index (κ2) is 5.22. The number of fused-ring (bicyclic) bond motifs is 1. The summed E-state index contributed by atoms with van der Waals surface area (Å²) in [6.07, 6.45) is 3.58. The Morgan fingerprint density at radius 1 is 1.12 bits per heavy atom. The van der Waals surface area contributed by atoms with E-state index in [9.17, 15) is 5.11 Å². The predicted molar refractivity (Wildman–Crippen MR) is 73.6 cm³/mol. The van der Waals surface area contributed by atoms with Gasteiger partial charge in [0, 0.05) is 5.39 Å². The highest BCUT2D eigenvalue weighted by Crippen LogP contribution is 2.31. The van der Waals surface area contributed by atoms with Gasteiger partial charge in [-0.05, 0) is 41.8 Å². The zero-order valence-electron chi connectivity index (χ0n) is 10.6. The minimum Gasteiger partial charge on any atom is -0.507 e. The third-order valence-electron chi connectivity index (χ3n) is 3.48. The third-order valence-corrected chi connectivity index (χ3v) is 3.48. The predicted octanol–water partition coefficient (Wildman–Crippen LogP) is 4.84. The summed E-state index contributed by atoms with van der Waals surface area (Å²) in [5, 5.41) is 12.0. The molecule has 2 aromatic rings. The van der Waals surface area contributed by atoms with Crippen molar-refractivity contribution in [1.29, 1.82) is 0 Å². The first-order valence-corrected chi connectivity index (χ1v) is 6.48. The van der Waals surface area contributed by atoms with Gasteiger partial charge in [0.05, 0.1) is 0 Å². The van der Waals surface area contributed by atoms with Crippen molar-refractivity contribution < 1.29 is 5.11 Å². The lowest BCUT2D eigenvalue weighted by Crippen LogP contribution is -1.96. The van der Waals surface area contributed by atoms with Crippen LogP contribution in [0.25, 0.3) is 10.8 Å². The molecule has 0 aliphatic heterocycles. The molecule has 1 unspecified atom stereocenters. The summed E-state index contributed by atoms with van der Waals surface area (Å²) >= 11 is 0. The summed E-state index contributed by atoms with van der Waals surface area (Å²) < 4.78 is 0. The van der Waals surface area contributed by atoms with Crippen molar-refractivity contribution in [3.05, 3.63) is 42.0 Å². The van der Waals surface area contributed by atoms with Crippen molar-refractivity contribution in [3.8, 4) is 5.75 Å². The Balaban J connectivity index is 2.46. The molecule has 1 heteroatoms. The Bertz CT molecular complexity index is 502. The van der Waals surface area contributed by atoms with Crippen LogP contribution in [0.3, 0.4) is 0 Å². The van der Waals surface area contributed by atoms with Gasteiger partial charge in [0.2, 0.25) is 0 Å². The molecule has 2 aromatic carbocycles. The molecule has 17 heavy (non-hydrogen) atoms. The maximum Gasteiger partial charge on any atom is 0.123 e. The van der Waals surface area contributed by atoms with E-state index in [-0.39, 0.29) is 0 Å². The molecule has 90 valence electrons. The number of phenolic OH excluding ortho intramolecular Hbond substituents is 1. The summed E-state index contributed by atoms with van der Waals surface area (Å²) in [5.74, 6) is 1.000. The summed E-state index contributed by atoms with van der Waals surface area (Å²) in [7, 11) is 0. The van der Waals surface area contributed by atoms with Gasteiger partial charge in [-0.25, -0.2) is 0 Å². The molecule has 0 spiro atoms.